The van der Waals surface area contributed by atoms with Gasteiger partial charge in [-0.15, -0.1) is 0 Å². The third-order valence-corrected chi connectivity index (χ3v) is 7.21. The molecule has 0 aliphatic heterocycles. The lowest BCUT2D eigenvalue weighted by Crippen LogP contribution is -2.62. The zero-order chi connectivity index (χ0) is 27.7. The molecule has 0 aromatic heterocycles. The number of β-amino-alcohol motifs (C(OH)–C–C–N with tert-alkyl or cyclic N) is 1. The van der Waals surface area contributed by atoms with Crippen LogP contribution in [-0.2, 0) is 5.54 Å². The predicted molar refractivity (Wildman–Crippen MR) is 158 cm³/mol. The third kappa shape index (κ3) is 6.17. The van der Waals surface area contributed by atoms with Crippen LogP contribution in [0.4, 0.5) is 0 Å². The van der Waals surface area contributed by atoms with Crippen molar-refractivity contribution in [2.75, 3.05) is 33.9 Å². The number of aliphatic hydroxyl groups excluding tert-OH is 1. The molecule has 0 saturated heterocycles. The summed E-state index contributed by atoms with van der Waals surface area (Å²) in [6.45, 7) is 5.65. The van der Waals surface area contributed by atoms with E-state index in [2.05, 4.69) is 96.9 Å². The molecular formula is C34H40N2O3. The van der Waals surface area contributed by atoms with Crippen LogP contribution in [0.1, 0.15) is 30.5 Å². The number of nitrogens with one attached hydrogen (secondary N) is 1. The quantitative estimate of drug-likeness (QED) is 0.219. The van der Waals surface area contributed by atoms with Gasteiger partial charge < -0.3 is 19.9 Å². The summed E-state index contributed by atoms with van der Waals surface area (Å²) in [5, 5.41) is 14.9. The summed E-state index contributed by atoms with van der Waals surface area (Å²) < 4.78 is 11.5. The Hall–Kier alpha value is -3.64. The van der Waals surface area contributed by atoms with Gasteiger partial charge in [-0.2, -0.15) is 0 Å². The fraction of sp³-hybridized carbons (Fsp3) is 0.294. The molecule has 0 fully saturated rings. The molecule has 2 N–H and O–H groups in total. The maximum absolute atomic E-state index is 11.6. The Bertz CT molecular complexity index is 1180. The molecule has 4 aromatic carbocycles. The summed E-state index contributed by atoms with van der Waals surface area (Å²) >= 11 is 0. The molecule has 1 unspecified atom stereocenters. The molecule has 1 atom stereocenters. The molecule has 0 bridgehead atoms. The van der Waals surface area contributed by atoms with Crippen molar-refractivity contribution in [2.45, 2.75) is 31.0 Å². The van der Waals surface area contributed by atoms with Gasteiger partial charge in [0, 0.05) is 18.6 Å². The maximum atomic E-state index is 11.6. The summed E-state index contributed by atoms with van der Waals surface area (Å²) in [6.07, 6.45) is -0.776. The predicted octanol–water partition coefficient (Wildman–Crippen LogP) is 5.73. The van der Waals surface area contributed by atoms with Gasteiger partial charge in [-0.25, -0.2) is 0 Å². The first kappa shape index (κ1) is 28.4. The molecule has 0 saturated carbocycles. The summed E-state index contributed by atoms with van der Waals surface area (Å²) in [6, 6.07) is 39.2. The van der Waals surface area contributed by atoms with Gasteiger partial charge >= 0.3 is 0 Å². The molecule has 0 aliphatic carbocycles. The van der Waals surface area contributed by atoms with Crippen LogP contribution in [0.2, 0.25) is 0 Å². The van der Waals surface area contributed by atoms with Crippen LogP contribution in [-0.4, -0.2) is 55.5 Å². The fourth-order valence-corrected chi connectivity index (χ4v) is 5.56. The van der Waals surface area contributed by atoms with Gasteiger partial charge in [0.25, 0.3) is 0 Å². The van der Waals surface area contributed by atoms with Crippen molar-refractivity contribution in [3.05, 3.63) is 132 Å². The normalized spacial score (nSPS) is 12.8. The lowest BCUT2D eigenvalue weighted by molar-refractivity contribution is -0.0167. The number of likely N-dealkylation sites (N-methyl/N-ethyl adjacent to an activating group) is 1. The monoisotopic (exact) mass is 524 g/mol. The number of benzene rings is 4. The highest BCUT2D eigenvalue weighted by Crippen LogP contribution is 2.45. The van der Waals surface area contributed by atoms with Gasteiger partial charge in [-0.05, 0) is 49.7 Å². The first-order valence-electron chi connectivity index (χ1n) is 13.5. The molecule has 5 heteroatoms. The molecule has 4 aromatic rings. The Kier molecular flexibility index (Phi) is 9.41. The smallest absolute Gasteiger partial charge is 0.161 e. The second-order valence-corrected chi connectivity index (χ2v) is 10.4. The average Bonchev–Trinajstić information content (AvgIpc) is 2.98. The van der Waals surface area contributed by atoms with Gasteiger partial charge in [0.1, 0.15) is 12.7 Å². The highest BCUT2D eigenvalue weighted by Gasteiger charge is 2.48. The van der Waals surface area contributed by atoms with Crippen LogP contribution in [0.25, 0.3) is 0 Å². The van der Waals surface area contributed by atoms with Crippen molar-refractivity contribution in [3.63, 3.8) is 0 Å². The number of nitrogens with zero attached hydrogens (tertiary/aromatic N) is 1. The van der Waals surface area contributed by atoms with Gasteiger partial charge in [0.15, 0.2) is 11.5 Å². The number of para-hydroxylation sites is 2. The molecule has 0 heterocycles. The van der Waals surface area contributed by atoms with E-state index in [1.807, 2.05) is 49.5 Å². The van der Waals surface area contributed by atoms with Crippen LogP contribution in [0, 0.1) is 0 Å². The number of hydrogen-bond acceptors (Lipinski definition) is 5. The zero-order valence-corrected chi connectivity index (χ0v) is 23.4. The first-order chi connectivity index (χ1) is 18.9. The molecule has 0 radical (unpaired) electrons. The van der Waals surface area contributed by atoms with E-state index in [1.165, 1.54) is 0 Å². The zero-order valence-electron chi connectivity index (χ0n) is 23.4. The highest BCUT2D eigenvalue weighted by atomic mass is 16.5. The Morgan fingerprint density at radius 1 is 0.718 bits per heavy atom. The maximum Gasteiger partial charge on any atom is 0.161 e. The van der Waals surface area contributed by atoms with Crippen LogP contribution in [0.5, 0.6) is 11.5 Å². The topological polar surface area (TPSA) is 54.0 Å². The van der Waals surface area contributed by atoms with Crippen molar-refractivity contribution in [1.29, 1.82) is 0 Å². The van der Waals surface area contributed by atoms with Crippen molar-refractivity contribution in [1.82, 2.24) is 10.2 Å². The molecule has 5 nitrogen and oxygen atoms in total. The van der Waals surface area contributed by atoms with Gasteiger partial charge in [-0.3, -0.25) is 4.90 Å². The van der Waals surface area contributed by atoms with E-state index in [0.717, 1.165) is 16.7 Å². The van der Waals surface area contributed by atoms with E-state index in [9.17, 15) is 5.11 Å². The number of ether oxygens (including phenoxy) is 2. The number of hydrogen-bond donors (Lipinski definition) is 2. The van der Waals surface area contributed by atoms with Crippen molar-refractivity contribution < 1.29 is 14.6 Å². The minimum Gasteiger partial charge on any atom is -0.493 e. The summed E-state index contributed by atoms with van der Waals surface area (Å²) in [7, 11) is 3.59. The first-order valence-corrected chi connectivity index (χ1v) is 13.5. The molecular weight excluding hydrogens is 484 g/mol. The SMILES string of the molecule is CNCC(C)(C)N(CC(O)COc1ccccc1OC)C(c1ccccc1)(c1ccccc1)c1ccccc1. The van der Waals surface area contributed by atoms with Crippen molar-refractivity contribution in [2.24, 2.45) is 0 Å². The Morgan fingerprint density at radius 3 is 1.59 bits per heavy atom. The number of methoxy groups -OCH3 is 1. The largest absolute Gasteiger partial charge is 0.493 e. The highest BCUT2D eigenvalue weighted by molar-refractivity contribution is 5.50. The molecule has 0 aliphatic rings. The molecule has 204 valence electrons. The Balaban J connectivity index is 1.86. The van der Waals surface area contributed by atoms with E-state index < -0.39 is 11.6 Å². The van der Waals surface area contributed by atoms with E-state index in [1.54, 1.807) is 7.11 Å². The lowest BCUT2D eigenvalue weighted by atomic mass is 9.73. The van der Waals surface area contributed by atoms with Crippen molar-refractivity contribution in [3.8, 4) is 11.5 Å². The number of rotatable bonds is 13. The Labute approximate surface area is 233 Å². The standard InChI is InChI=1S/C34H40N2O3/c1-33(2,26-35-3)36(24-30(37)25-39-32-23-15-14-22-31(32)38-4)34(27-16-8-5-9-17-27,28-18-10-6-11-19-28)29-20-12-7-13-21-29/h5-23,30,35,37H,24-26H2,1-4H3. The minimum atomic E-state index is -0.776. The van der Waals surface area contributed by atoms with Crippen LogP contribution < -0.4 is 14.8 Å². The molecule has 0 amide bonds. The van der Waals surface area contributed by atoms with E-state index in [-0.39, 0.29) is 12.1 Å². The second-order valence-electron chi connectivity index (χ2n) is 10.4. The summed E-state index contributed by atoms with van der Waals surface area (Å²) in [5.41, 5.74) is 2.33. The summed E-state index contributed by atoms with van der Waals surface area (Å²) in [4.78, 5) is 2.42. The van der Waals surface area contributed by atoms with Crippen LogP contribution in [0.3, 0.4) is 0 Å². The van der Waals surface area contributed by atoms with E-state index in [0.29, 0.717) is 24.6 Å². The average molecular weight is 525 g/mol. The van der Waals surface area contributed by atoms with Crippen LogP contribution in [0.15, 0.2) is 115 Å². The van der Waals surface area contributed by atoms with Crippen molar-refractivity contribution >= 4 is 0 Å². The van der Waals surface area contributed by atoms with Gasteiger partial charge in [-0.1, -0.05) is 103 Å². The molecule has 4 rings (SSSR count). The minimum absolute atomic E-state index is 0.126. The second kappa shape index (κ2) is 12.9. The molecule has 0 spiro atoms. The van der Waals surface area contributed by atoms with Gasteiger partial charge in [0.05, 0.1) is 12.6 Å². The Morgan fingerprint density at radius 2 is 1.15 bits per heavy atom. The van der Waals surface area contributed by atoms with Crippen LogP contribution >= 0.6 is 0 Å². The summed E-state index contributed by atoms with van der Waals surface area (Å²) in [5.74, 6) is 1.25. The lowest BCUT2D eigenvalue weighted by Gasteiger charge is -2.53. The molecule has 39 heavy (non-hydrogen) atoms. The van der Waals surface area contributed by atoms with Gasteiger partial charge in [0.2, 0.25) is 0 Å². The third-order valence-electron chi connectivity index (χ3n) is 7.21. The van der Waals surface area contributed by atoms with E-state index >= 15 is 0 Å². The number of aliphatic hydroxyl groups is 1. The van der Waals surface area contributed by atoms with E-state index in [4.69, 9.17) is 9.47 Å². The fourth-order valence-electron chi connectivity index (χ4n) is 5.56.